The molecule has 0 aliphatic carbocycles. The van der Waals surface area contributed by atoms with E-state index in [0.717, 1.165) is 0 Å². The van der Waals surface area contributed by atoms with Gasteiger partial charge in [0.05, 0.1) is 6.20 Å². The van der Waals surface area contributed by atoms with Gasteiger partial charge in [0.15, 0.2) is 0 Å². The van der Waals surface area contributed by atoms with E-state index in [1.54, 1.807) is 0 Å². The van der Waals surface area contributed by atoms with Crippen LogP contribution in [0.5, 0.6) is 0 Å². The summed E-state index contributed by atoms with van der Waals surface area (Å²) in [5, 5.41) is 6.37. The van der Waals surface area contributed by atoms with Crippen molar-refractivity contribution < 1.29 is 4.79 Å². The maximum Gasteiger partial charge on any atom is 0.289 e. The van der Waals surface area contributed by atoms with E-state index >= 15 is 0 Å². The van der Waals surface area contributed by atoms with E-state index in [4.69, 9.17) is 0 Å². The molecule has 0 fully saturated rings. The number of carbonyl (C=O) groups is 1. The minimum Gasteiger partial charge on any atom is -0.266 e. The Morgan fingerprint density at radius 1 is 1.57 bits per heavy atom. The normalized spacial score (nSPS) is 14.6. The van der Waals surface area contributed by atoms with Crippen LogP contribution in [0.25, 0.3) is 0 Å². The Kier molecular flexibility index (Phi) is 3.96. The van der Waals surface area contributed by atoms with Gasteiger partial charge in [0.25, 0.3) is 5.91 Å². The Labute approximate surface area is 83.3 Å². The summed E-state index contributed by atoms with van der Waals surface area (Å²) in [4.78, 5) is 9.90. The Balaban J connectivity index is 0.000000360. The molecule has 0 aromatic carbocycles. The van der Waals surface area contributed by atoms with E-state index in [0.29, 0.717) is 0 Å². The molecule has 0 atom stereocenters. The second-order valence-electron chi connectivity index (χ2n) is 0.869. The molecule has 1 radical (unpaired) electrons. The third-order valence-corrected chi connectivity index (χ3v) is 0.440. The van der Waals surface area contributed by atoms with Crippen LogP contribution in [0, 0.1) is 0 Å². The number of hydrogen-bond donors (Lipinski definition) is 0. The van der Waals surface area contributed by atoms with Gasteiger partial charge in [-0.3, -0.25) is 4.79 Å². The minimum absolute atomic E-state index is 0. The molecular weight excluding hydrogens is 119 g/mol. The fourth-order valence-corrected chi connectivity index (χ4v) is 0.221. The van der Waals surface area contributed by atoms with Crippen molar-refractivity contribution in [3.8, 4) is 0 Å². The summed E-state index contributed by atoms with van der Waals surface area (Å²) in [5.74, 6) is -0.269. The molecule has 0 saturated carbocycles. The molecule has 1 heterocycles. The summed E-state index contributed by atoms with van der Waals surface area (Å²) >= 11 is 0. The SMILES string of the molecule is O=C1C=CN=N1.[K]. The first kappa shape index (κ1) is 7.65. The van der Waals surface area contributed by atoms with E-state index in [1.807, 2.05) is 0 Å². The fraction of sp³-hybridized carbons (Fsp3) is 0. The fourth-order valence-electron chi connectivity index (χ4n) is 0.221. The van der Waals surface area contributed by atoms with Gasteiger partial charge < -0.3 is 0 Å². The van der Waals surface area contributed by atoms with Crippen molar-refractivity contribution in [3.63, 3.8) is 0 Å². The Hall–Kier alpha value is 0.646. The molecule has 1 aliphatic rings. The summed E-state index contributed by atoms with van der Waals surface area (Å²) < 4.78 is 0. The molecule has 0 bridgehead atoms. The van der Waals surface area contributed by atoms with Crippen LogP contribution in [-0.4, -0.2) is 57.3 Å². The monoisotopic (exact) mass is 121 g/mol. The van der Waals surface area contributed by atoms with Crippen molar-refractivity contribution in [2.45, 2.75) is 0 Å². The Bertz CT molecular complexity index is 115. The van der Waals surface area contributed by atoms with Gasteiger partial charge in [0, 0.05) is 57.5 Å². The number of azo groups is 1. The largest absolute Gasteiger partial charge is 0.289 e. The number of hydrogen-bond acceptors (Lipinski definition) is 2. The molecule has 0 N–H and O–H groups in total. The standard InChI is InChI=1S/C3H2N2O.K/c6-3-1-2-4-5-3;/h1-2H;. The van der Waals surface area contributed by atoms with Crippen LogP contribution in [0.2, 0.25) is 0 Å². The quantitative estimate of drug-likeness (QED) is 0.419. The Morgan fingerprint density at radius 3 is 2.43 bits per heavy atom. The molecule has 0 aromatic rings. The van der Waals surface area contributed by atoms with Crippen LogP contribution in [0.15, 0.2) is 22.5 Å². The molecule has 0 aromatic heterocycles. The second kappa shape index (κ2) is 3.62. The molecule has 0 spiro atoms. The van der Waals surface area contributed by atoms with E-state index in [2.05, 4.69) is 10.2 Å². The van der Waals surface area contributed by atoms with E-state index in [9.17, 15) is 4.79 Å². The molecule has 1 rings (SSSR count). The zero-order chi connectivity index (χ0) is 4.41. The molecule has 3 nitrogen and oxygen atoms in total. The maximum atomic E-state index is 9.90. The summed E-state index contributed by atoms with van der Waals surface area (Å²) in [7, 11) is 0. The summed E-state index contributed by atoms with van der Waals surface area (Å²) in [6.07, 6.45) is 2.67. The first-order valence-electron chi connectivity index (χ1n) is 1.51. The van der Waals surface area contributed by atoms with Gasteiger partial charge in [-0.05, 0) is 0 Å². The smallest absolute Gasteiger partial charge is 0.266 e. The molecular formula is C3H2KN2O. The van der Waals surface area contributed by atoms with Gasteiger partial charge in [-0.25, -0.2) is 0 Å². The predicted molar refractivity (Wildman–Crippen MR) is 24.8 cm³/mol. The van der Waals surface area contributed by atoms with Crippen LogP contribution in [0.4, 0.5) is 0 Å². The minimum atomic E-state index is -0.269. The van der Waals surface area contributed by atoms with Gasteiger partial charge >= 0.3 is 0 Å². The van der Waals surface area contributed by atoms with Crippen molar-refractivity contribution in [2.75, 3.05) is 0 Å². The van der Waals surface area contributed by atoms with E-state index < -0.39 is 0 Å². The van der Waals surface area contributed by atoms with Crippen LogP contribution < -0.4 is 0 Å². The predicted octanol–water partition coefficient (Wildman–Crippen LogP) is 0.112. The molecule has 0 unspecified atom stereocenters. The Morgan fingerprint density at radius 2 is 2.29 bits per heavy atom. The van der Waals surface area contributed by atoms with Crippen molar-refractivity contribution >= 4 is 57.3 Å². The summed E-state index contributed by atoms with van der Waals surface area (Å²) in [6, 6.07) is 0. The van der Waals surface area contributed by atoms with Gasteiger partial charge in [-0.1, -0.05) is 0 Å². The average molecular weight is 121 g/mol. The molecule has 1 aliphatic heterocycles. The number of amides is 1. The third kappa shape index (κ3) is 2.45. The first-order chi connectivity index (χ1) is 2.89. The van der Waals surface area contributed by atoms with Gasteiger partial charge in [0.2, 0.25) is 0 Å². The molecule has 0 saturated heterocycles. The van der Waals surface area contributed by atoms with E-state index in [-0.39, 0.29) is 57.3 Å². The van der Waals surface area contributed by atoms with Crippen molar-refractivity contribution in [3.05, 3.63) is 12.3 Å². The summed E-state index contributed by atoms with van der Waals surface area (Å²) in [5.41, 5.74) is 0. The van der Waals surface area contributed by atoms with Crippen LogP contribution in [-0.2, 0) is 4.79 Å². The number of nitrogens with zero attached hydrogens (tertiary/aromatic N) is 2. The zero-order valence-corrected chi connectivity index (χ0v) is 7.08. The van der Waals surface area contributed by atoms with Crippen LogP contribution in [0.3, 0.4) is 0 Å². The van der Waals surface area contributed by atoms with Gasteiger partial charge in [-0.2, -0.15) is 5.11 Å². The van der Waals surface area contributed by atoms with Gasteiger partial charge in [0.1, 0.15) is 0 Å². The molecule has 7 heavy (non-hydrogen) atoms. The number of carbonyl (C=O) groups excluding carboxylic acids is 1. The van der Waals surface area contributed by atoms with Crippen LogP contribution >= 0.6 is 0 Å². The average Bonchev–Trinajstić information content (AvgIpc) is 1.86. The van der Waals surface area contributed by atoms with Crippen molar-refractivity contribution in [1.82, 2.24) is 0 Å². The number of rotatable bonds is 0. The van der Waals surface area contributed by atoms with Gasteiger partial charge in [-0.15, -0.1) is 5.11 Å². The maximum absolute atomic E-state index is 9.90. The van der Waals surface area contributed by atoms with Crippen LogP contribution in [0.1, 0.15) is 0 Å². The molecule has 1 amide bonds. The van der Waals surface area contributed by atoms with Crippen molar-refractivity contribution in [2.24, 2.45) is 10.2 Å². The second-order valence-corrected chi connectivity index (χ2v) is 0.869. The third-order valence-electron chi connectivity index (χ3n) is 0.440. The van der Waals surface area contributed by atoms with Crippen molar-refractivity contribution in [1.29, 1.82) is 0 Å². The molecule has 31 valence electrons. The van der Waals surface area contributed by atoms with E-state index in [1.165, 1.54) is 12.3 Å². The summed E-state index contributed by atoms with van der Waals surface area (Å²) in [6.45, 7) is 0. The zero-order valence-electron chi connectivity index (χ0n) is 3.96. The first-order valence-corrected chi connectivity index (χ1v) is 1.51. The molecule has 4 heteroatoms. The topological polar surface area (TPSA) is 41.8 Å².